The predicted octanol–water partition coefficient (Wildman–Crippen LogP) is 2.58. The number of ether oxygens (including phenoxy) is 2. The Morgan fingerprint density at radius 2 is 2.08 bits per heavy atom. The normalized spacial score (nSPS) is 11.0. The molecule has 0 unspecified atom stereocenters. The molecule has 0 aromatic carbocycles. The number of hydrogen-bond acceptors (Lipinski definition) is 6. The third-order valence-corrected chi connectivity index (χ3v) is 3.40. The van der Waals surface area contributed by atoms with E-state index in [-0.39, 0.29) is 12.7 Å². The molecule has 7 heteroatoms. The Hall–Kier alpha value is -2.96. The van der Waals surface area contributed by atoms with Crippen LogP contribution >= 0.6 is 0 Å². The van der Waals surface area contributed by atoms with Crippen molar-refractivity contribution in [3.63, 3.8) is 0 Å². The highest BCUT2D eigenvalue weighted by Gasteiger charge is 2.15. The summed E-state index contributed by atoms with van der Waals surface area (Å²) in [5.41, 5.74) is 2.57. The van der Waals surface area contributed by atoms with E-state index in [4.69, 9.17) is 9.47 Å². The van der Waals surface area contributed by atoms with Crippen molar-refractivity contribution >= 4 is 11.6 Å². The number of aryl methyl sites for hydroxylation is 1. The van der Waals surface area contributed by atoms with E-state index in [0.29, 0.717) is 22.8 Å². The van der Waals surface area contributed by atoms with Gasteiger partial charge in [0, 0.05) is 24.5 Å². The lowest BCUT2D eigenvalue weighted by molar-refractivity contribution is 0.0469. The van der Waals surface area contributed by atoms with E-state index in [9.17, 15) is 4.79 Å². The largest absolute Gasteiger partial charge is 0.475 e. The molecule has 0 amide bonds. The molecule has 0 aliphatic rings. The first-order chi connectivity index (χ1) is 11.5. The molecule has 0 saturated heterocycles. The first-order valence-corrected chi connectivity index (χ1v) is 7.62. The fraction of sp³-hybridized carbons (Fsp3) is 0.294. The number of pyridine rings is 1. The van der Waals surface area contributed by atoms with Gasteiger partial charge in [0.25, 0.3) is 0 Å². The molecule has 7 nitrogen and oxygen atoms in total. The van der Waals surface area contributed by atoms with E-state index in [0.717, 1.165) is 5.56 Å². The monoisotopic (exact) mass is 326 g/mol. The van der Waals surface area contributed by atoms with Gasteiger partial charge in [0.15, 0.2) is 5.65 Å². The summed E-state index contributed by atoms with van der Waals surface area (Å²) in [6.45, 7) is 5.79. The Labute approximate surface area is 139 Å². The van der Waals surface area contributed by atoms with Crippen molar-refractivity contribution in [1.29, 1.82) is 0 Å². The van der Waals surface area contributed by atoms with Gasteiger partial charge in [-0.3, -0.25) is 0 Å². The smallest absolute Gasteiger partial charge is 0.341 e. The minimum Gasteiger partial charge on any atom is -0.475 e. The SMILES string of the molecule is Cc1c(C(=O)OCc2ccnc(OC(C)C)c2)cnc2ccnn12. The maximum Gasteiger partial charge on any atom is 0.341 e. The van der Waals surface area contributed by atoms with Crippen LogP contribution in [0.3, 0.4) is 0 Å². The zero-order valence-electron chi connectivity index (χ0n) is 13.8. The molecule has 0 fully saturated rings. The minimum absolute atomic E-state index is 0.0322. The van der Waals surface area contributed by atoms with Crippen molar-refractivity contribution in [2.45, 2.75) is 33.5 Å². The molecule has 3 aromatic rings. The maximum atomic E-state index is 12.3. The molecule has 3 rings (SSSR count). The number of carbonyl (C=O) groups is 1. The van der Waals surface area contributed by atoms with Gasteiger partial charge < -0.3 is 9.47 Å². The lowest BCUT2D eigenvalue weighted by atomic mass is 10.2. The van der Waals surface area contributed by atoms with Gasteiger partial charge in [0.05, 0.1) is 23.6 Å². The lowest BCUT2D eigenvalue weighted by Crippen LogP contribution is -2.11. The second-order valence-electron chi connectivity index (χ2n) is 5.60. The first kappa shape index (κ1) is 15.9. The molecule has 0 bridgehead atoms. The molecule has 124 valence electrons. The minimum atomic E-state index is -0.444. The molecule has 0 aliphatic carbocycles. The van der Waals surface area contributed by atoms with Crippen LogP contribution in [-0.4, -0.2) is 31.7 Å². The van der Waals surface area contributed by atoms with Crippen LogP contribution in [0.25, 0.3) is 5.65 Å². The standard InChI is InChI=1S/C17H18N4O3/c1-11(2)24-16-8-13(4-6-18-16)10-23-17(22)14-9-19-15-5-7-20-21(15)12(14)3/h4-9,11H,10H2,1-3H3. The van der Waals surface area contributed by atoms with Crippen molar-refractivity contribution in [1.82, 2.24) is 19.6 Å². The Bertz CT molecular complexity index is 873. The quantitative estimate of drug-likeness (QED) is 0.671. The summed E-state index contributed by atoms with van der Waals surface area (Å²) in [6, 6.07) is 5.31. The van der Waals surface area contributed by atoms with Crippen LogP contribution in [0, 0.1) is 6.92 Å². The van der Waals surface area contributed by atoms with Gasteiger partial charge in [0.1, 0.15) is 6.61 Å². The van der Waals surface area contributed by atoms with Crippen molar-refractivity contribution in [3.8, 4) is 5.88 Å². The predicted molar refractivity (Wildman–Crippen MR) is 86.8 cm³/mol. The maximum absolute atomic E-state index is 12.3. The number of rotatable bonds is 5. The van der Waals surface area contributed by atoms with E-state index >= 15 is 0 Å². The van der Waals surface area contributed by atoms with Crippen LogP contribution in [0.4, 0.5) is 0 Å². The Balaban J connectivity index is 1.72. The lowest BCUT2D eigenvalue weighted by Gasteiger charge is -2.10. The summed E-state index contributed by atoms with van der Waals surface area (Å²) in [6.07, 6.45) is 4.81. The van der Waals surface area contributed by atoms with E-state index in [1.165, 1.54) is 6.20 Å². The Morgan fingerprint density at radius 3 is 2.88 bits per heavy atom. The van der Waals surface area contributed by atoms with Gasteiger partial charge in [0.2, 0.25) is 5.88 Å². The molecule has 24 heavy (non-hydrogen) atoms. The van der Waals surface area contributed by atoms with Gasteiger partial charge in [-0.15, -0.1) is 0 Å². The molecular formula is C17H18N4O3. The summed E-state index contributed by atoms with van der Waals surface area (Å²) in [5.74, 6) is 0.0647. The van der Waals surface area contributed by atoms with E-state index in [1.807, 2.05) is 13.8 Å². The second-order valence-corrected chi connectivity index (χ2v) is 5.60. The van der Waals surface area contributed by atoms with Crippen LogP contribution in [0.2, 0.25) is 0 Å². The van der Waals surface area contributed by atoms with Crippen LogP contribution in [0.5, 0.6) is 5.88 Å². The highest BCUT2D eigenvalue weighted by atomic mass is 16.5. The summed E-state index contributed by atoms with van der Waals surface area (Å²) < 4.78 is 12.5. The molecular weight excluding hydrogens is 308 g/mol. The second kappa shape index (κ2) is 6.66. The molecule has 0 atom stereocenters. The Morgan fingerprint density at radius 1 is 1.25 bits per heavy atom. The topological polar surface area (TPSA) is 78.6 Å². The molecule has 3 aromatic heterocycles. The number of fused-ring (bicyclic) bond motifs is 1. The van der Waals surface area contributed by atoms with Crippen molar-refractivity contribution in [3.05, 3.63) is 53.6 Å². The average molecular weight is 326 g/mol. The molecule has 0 spiro atoms. The van der Waals surface area contributed by atoms with Crippen molar-refractivity contribution < 1.29 is 14.3 Å². The Kier molecular flexibility index (Phi) is 4.41. The van der Waals surface area contributed by atoms with E-state index in [2.05, 4.69) is 15.1 Å². The molecule has 0 saturated carbocycles. The van der Waals surface area contributed by atoms with Crippen LogP contribution < -0.4 is 4.74 Å². The zero-order valence-corrected chi connectivity index (χ0v) is 13.8. The molecule has 0 radical (unpaired) electrons. The highest BCUT2D eigenvalue weighted by molar-refractivity contribution is 5.90. The number of hydrogen-bond donors (Lipinski definition) is 0. The zero-order chi connectivity index (χ0) is 17.1. The highest BCUT2D eigenvalue weighted by Crippen LogP contribution is 2.14. The number of aromatic nitrogens is 4. The number of esters is 1. The number of nitrogens with zero attached hydrogens (tertiary/aromatic N) is 4. The molecule has 0 aliphatic heterocycles. The van der Waals surface area contributed by atoms with Crippen molar-refractivity contribution in [2.24, 2.45) is 0 Å². The average Bonchev–Trinajstić information content (AvgIpc) is 3.02. The van der Waals surface area contributed by atoms with Crippen molar-refractivity contribution in [2.75, 3.05) is 0 Å². The number of carbonyl (C=O) groups excluding carboxylic acids is 1. The van der Waals surface area contributed by atoms with E-state index in [1.54, 1.807) is 42.0 Å². The summed E-state index contributed by atoms with van der Waals surface area (Å²) in [4.78, 5) is 20.6. The van der Waals surface area contributed by atoms with Gasteiger partial charge in [-0.25, -0.2) is 19.3 Å². The first-order valence-electron chi connectivity index (χ1n) is 7.62. The third-order valence-electron chi connectivity index (χ3n) is 3.40. The van der Waals surface area contributed by atoms with Gasteiger partial charge in [-0.2, -0.15) is 5.10 Å². The van der Waals surface area contributed by atoms with Gasteiger partial charge in [-0.1, -0.05) is 0 Å². The fourth-order valence-corrected chi connectivity index (χ4v) is 2.26. The van der Waals surface area contributed by atoms with Gasteiger partial charge in [-0.05, 0) is 32.4 Å². The summed E-state index contributed by atoms with van der Waals surface area (Å²) in [7, 11) is 0. The van der Waals surface area contributed by atoms with E-state index < -0.39 is 5.97 Å². The fourth-order valence-electron chi connectivity index (χ4n) is 2.26. The van der Waals surface area contributed by atoms with Crippen LogP contribution in [-0.2, 0) is 11.3 Å². The molecule has 3 heterocycles. The van der Waals surface area contributed by atoms with Gasteiger partial charge >= 0.3 is 5.97 Å². The van der Waals surface area contributed by atoms with Crippen LogP contribution in [0.15, 0.2) is 36.8 Å². The summed E-state index contributed by atoms with van der Waals surface area (Å²) >= 11 is 0. The summed E-state index contributed by atoms with van der Waals surface area (Å²) in [5, 5.41) is 4.14. The van der Waals surface area contributed by atoms with Crippen LogP contribution in [0.1, 0.15) is 35.5 Å². The third kappa shape index (κ3) is 3.34. The molecule has 0 N–H and O–H groups in total.